The third-order valence-electron chi connectivity index (χ3n) is 4.72. The van der Waals surface area contributed by atoms with E-state index in [9.17, 15) is 65.8 Å². The number of hydrogen-bond donors (Lipinski definition) is 12. The second-order valence-corrected chi connectivity index (χ2v) is 7.31. The number of rotatable bonds is 9. The minimum Gasteiger partial charge on any atom is -0.504 e. The molecule has 0 saturated heterocycles. The van der Waals surface area contributed by atoms with Crippen molar-refractivity contribution in [3.05, 3.63) is 35.4 Å². The van der Waals surface area contributed by atoms with Gasteiger partial charge < -0.3 is 70.8 Å². The Labute approximate surface area is 199 Å². The number of phenolic OH excluding ortho intramolecular Hbond substituents is 6. The first-order chi connectivity index (χ1) is 16.6. The van der Waals surface area contributed by atoms with Crippen molar-refractivity contribution in [3.8, 4) is 34.5 Å². The van der Waals surface area contributed by atoms with Crippen LogP contribution in [0.4, 0.5) is 0 Å². The molecule has 2 rings (SSSR count). The molecule has 0 aliphatic heterocycles. The number of carbonyl (C=O) groups is 2. The molecule has 0 amide bonds. The number of aliphatic hydroxyl groups is 6. The number of ether oxygens (including phenoxy) is 2. The maximum Gasteiger partial charge on any atom is 0.404 e. The second-order valence-electron chi connectivity index (χ2n) is 7.31. The van der Waals surface area contributed by atoms with Crippen LogP contribution in [0, 0.1) is 0 Å². The second kappa shape index (κ2) is 10.7. The minimum atomic E-state index is -3.93. The number of hydrogen-bond acceptors (Lipinski definition) is 16. The Morgan fingerprint density at radius 3 is 1.33 bits per heavy atom. The summed E-state index contributed by atoms with van der Waals surface area (Å²) in [5, 5.41) is 116. The van der Waals surface area contributed by atoms with Gasteiger partial charge >= 0.3 is 17.9 Å². The molecule has 2 aromatic rings. The highest BCUT2D eigenvalue weighted by Gasteiger charge is 2.51. The molecule has 2 aromatic carbocycles. The molecule has 0 bridgehead atoms. The zero-order valence-corrected chi connectivity index (χ0v) is 17.8. The molecule has 0 saturated carbocycles. The van der Waals surface area contributed by atoms with Crippen molar-refractivity contribution in [3.63, 3.8) is 0 Å². The fraction of sp³-hybridized carbons (Fsp3) is 0.300. The normalized spacial score (nSPS) is 14.9. The van der Waals surface area contributed by atoms with Gasteiger partial charge in [-0.05, 0) is 24.3 Å². The predicted octanol–water partition coefficient (Wildman–Crippen LogP) is -2.98. The lowest BCUT2D eigenvalue weighted by Gasteiger charge is -2.35. The lowest BCUT2D eigenvalue weighted by Crippen LogP contribution is -2.59. The van der Waals surface area contributed by atoms with E-state index >= 15 is 0 Å². The van der Waals surface area contributed by atoms with Gasteiger partial charge in [-0.1, -0.05) is 0 Å². The molecule has 36 heavy (non-hydrogen) atoms. The Hall–Kier alpha value is -4.06. The van der Waals surface area contributed by atoms with Crippen molar-refractivity contribution in [1.29, 1.82) is 0 Å². The lowest BCUT2D eigenvalue weighted by molar-refractivity contribution is -0.363. The van der Waals surface area contributed by atoms with E-state index in [4.69, 9.17) is 5.11 Å². The molecule has 4 atom stereocenters. The fourth-order valence-electron chi connectivity index (χ4n) is 2.71. The van der Waals surface area contributed by atoms with Crippen molar-refractivity contribution >= 4 is 11.9 Å². The Bertz CT molecular complexity index is 1010. The van der Waals surface area contributed by atoms with Crippen molar-refractivity contribution < 1.29 is 80.3 Å². The third kappa shape index (κ3) is 5.77. The molecular weight excluding hydrogens is 496 g/mol. The van der Waals surface area contributed by atoms with Crippen molar-refractivity contribution in [2.75, 3.05) is 6.61 Å². The van der Waals surface area contributed by atoms with Crippen LogP contribution in [0.2, 0.25) is 0 Å². The van der Waals surface area contributed by atoms with Gasteiger partial charge in [0, 0.05) is 0 Å². The van der Waals surface area contributed by atoms with E-state index in [-0.39, 0.29) is 0 Å². The summed E-state index contributed by atoms with van der Waals surface area (Å²) in [6.07, 6.45) is -10.2. The summed E-state index contributed by atoms with van der Waals surface area (Å²) in [5.41, 5.74) is -1.62. The van der Waals surface area contributed by atoms with Crippen LogP contribution in [0.5, 0.6) is 34.5 Å². The molecule has 0 spiro atoms. The van der Waals surface area contributed by atoms with Crippen LogP contribution >= 0.6 is 0 Å². The van der Waals surface area contributed by atoms with E-state index in [0.717, 1.165) is 0 Å². The molecule has 0 aromatic heterocycles. The first-order valence-corrected chi connectivity index (χ1v) is 9.65. The van der Waals surface area contributed by atoms with Crippen LogP contribution in [0.15, 0.2) is 24.3 Å². The van der Waals surface area contributed by atoms with E-state index in [1.165, 1.54) is 0 Å². The van der Waals surface area contributed by atoms with Crippen LogP contribution < -0.4 is 0 Å². The molecule has 0 unspecified atom stereocenters. The van der Waals surface area contributed by atoms with Gasteiger partial charge in [0.1, 0.15) is 18.3 Å². The molecule has 0 aliphatic carbocycles. The van der Waals surface area contributed by atoms with E-state index in [0.29, 0.717) is 24.3 Å². The summed E-state index contributed by atoms with van der Waals surface area (Å²) in [7, 11) is 0. The van der Waals surface area contributed by atoms with Crippen molar-refractivity contribution in [2.45, 2.75) is 30.4 Å². The van der Waals surface area contributed by atoms with E-state index in [2.05, 4.69) is 9.47 Å². The summed E-state index contributed by atoms with van der Waals surface area (Å²) in [5.74, 6) is -13.7. The van der Waals surface area contributed by atoms with E-state index < -0.39 is 94.6 Å². The van der Waals surface area contributed by atoms with Crippen LogP contribution in [0.1, 0.15) is 20.7 Å². The van der Waals surface area contributed by atoms with E-state index in [1.54, 1.807) is 0 Å². The number of phenols is 6. The maximum atomic E-state index is 12.5. The van der Waals surface area contributed by atoms with Gasteiger partial charge in [-0.15, -0.1) is 0 Å². The standard InChI is InChI=1S/C20H22O16/c21-5-12(26)15(29)16(30)17(31)20(34,35-18(32)6-1-8(22)13(27)9(23)2-6)36-19(33)7-3-10(24)14(28)11(25)4-7/h1-4,12,15-17,21-31,34H,5H2/t12-,15-,16-,17-/m1/s1. The third-order valence-corrected chi connectivity index (χ3v) is 4.72. The maximum absolute atomic E-state index is 12.5. The molecule has 0 radical (unpaired) electrons. The lowest BCUT2D eigenvalue weighted by atomic mass is 10.0. The van der Waals surface area contributed by atoms with Crippen LogP contribution in [-0.2, 0) is 9.47 Å². The highest BCUT2D eigenvalue weighted by Crippen LogP contribution is 2.37. The van der Waals surface area contributed by atoms with Gasteiger partial charge in [-0.3, -0.25) is 0 Å². The topological polar surface area (TPSA) is 295 Å². The Kier molecular flexibility index (Phi) is 8.37. The summed E-state index contributed by atoms with van der Waals surface area (Å²) in [4.78, 5) is 25.0. The summed E-state index contributed by atoms with van der Waals surface area (Å²) in [6.45, 7) is -1.15. The molecule has 0 heterocycles. The van der Waals surface area contributed by atoms with Gasteiger partial charge in [0.25, 0.3) is 0 Å². The van der Waals surface area contributed by atoms with Gasteiger partial charge in [-0.2, -0.15) is 0 Å². The van der Waals surface area contributed by atoms with Gasteiger partial charge in [0.15, 0.2) is 40.6 Å². The summed E-state index contributed by atoms with van der Waals surface area (Å²) in [6, 6.07) is 2.07. The highest BCUT2D eigenvalue weighted by molar-refractivity contribution is 5.93. The Balaban J connectivity index is 2.48. The minimum absolute atomic E-state index is 0.517. The average Bonchev–Trinajstić information content (AvgIpc) is 2.82. The van der Waals surface area contributed by atoms with Gasteiger partial charge in [0.05, 0.1) is 17.7 Å². The molecule has 0 fully saturated rings. The predicted molar refractivity (Wildman–Crippen MR) is 110 cm³/mol. The van der Waals surface area contributed by atoms with Gasteiger partial charge in [0.2, 0.25) is 0 Å². The van der Waals surface area contributed by atoms with Gasteiger partial charge in [-0.25, -0.2) is 9.59 Å². The monoisotopic (exact) mass is 518 g/mol. The quantitative estimate of drug-likeness (QED) is 0.0895. The van der Waals surface area contributed by atoms with Crippen LogP contribution in [0.3, 0.4) is 0 Å². The summed E-state index contributed by atoms with van der Waals surface area (Å²) >= 11 is 0. The van der Waals surface area contributed by atoms with Crippen molar-refractivity contribution in [2.24, 2.45) is 0 Å². The number of aliphatic hydroxyl groups excluding tert-OH is 5. The highest BCUT2D eigenvalue weighted by atomic mass is 16.8. The first-order valence-electron chi connectivity index (χ1n) is 9.65. The number of esters is 2. The SMILES string of the molecule is O=C(OC(O)(OC(=O)c1cc(O)c(O)c(O)c1)[C@H](O)[C@H](O)[C@H](O)[C@H](O)CO)c1cc(O)c(O)c(O)c1. The van der Waals surface area contributed by atoms with Crippen molar-refractivity contribution in [1.82, 2.24) is 0 Å². The Morgan fingerprint density at radius 2 is 1.03 bits per heavy atom. The number of aromatic hydroxyl groups is 6. The number of benzene rings is 2. The molecule has 16 nitrogen and oxygen atoms in total. The molecular formula is C20H22O16. The largest absolute Gasteiger partial charge is 0.504 e. The first kappa shape index (κ1) is 28.2. The molecule has 16 heteroatoms. The smallest absolute Gasteiger partial charge is 0.404 e. The molecule has 0 aliphatic rings. The van der Waals surface area contributed by atoms with E-state index in [1.807, 2.05) is 0 Å². The average molecular weight is 518 g/mol. The molecule has 12 N–H and O–H groups in total. The van der Waals surface area contributed by atoms with Crippen LogP contribution in [-0.4, -0.2) is 110 Å². The molecule has 198 valence electrons. The summed E-state index contributed by atoms with van der Waals surface area (Å²) < 4.78 is 9.05. The Morgan fingerprint density at radius 1 is 0.694 bits per heavy atom. The zero-order valence-electron chi connectivity index (χ0n) is 17.8. The fourth-order valence-corrected chi connectivity index (χ4v) is 2.71. The van der Waals surface area contributed by atoms with Crippen LogP contribution in [0.25, 0.3) is 0 Å². The number of carbonyl (C=O) groups excluding carboxylic acids is 2. The zero-order chi connectivity index (χ0) is 27.5.